The molecule has 4 aromatic rings. The molecule has 1 aliphatic carbocycles. The Morgan fingerprint density at radius 2 is 1.76 bits per heavy atom. The van der Waals surface area contributed by atoms with Crippen molar-refractivity contribution in [3.8, 4) is 22.5 Å². The van der Waals surface area contributed by atoms with Crippen molar-refractivity contribution < 1.29 is 4.39 Å². The molecular formula is C20H13ClFN3. The standard InChI is InChI=1S/C20H13ClFN3/c21-14-8-16-17(9-15(14)22)25-20(24-16)13-7-3-6-12-18(13)10-4-1-2-5-11(10)19(12)23/h1-9,19H,23H2,(H,24,25). The molecule has 122 valence electrons. The summed E-state index contributed by atoms with van der Waals surface area (Å²) in [4.78, 5) is 7.82. The molecule has 0 fully saturated rings. The molecule has 0 spiro atoms. The molecular weight excluding hydrogens is 337 g/mol. The van der Waals surface area contributed by atoms with Crippen molar-refractivity contribution in [2.24, 2.45) is 5.73 Å². The Labute approximate surface area is 148 Å². The summed E-state index contributed by atoms with van der Waals surface area (Å²) < 4.78 is 13.7. The third-order valence-corrected chi connectivity index (χ3v) is 5.07. The van der Waals surface area contributed by atoms with Crippen LogP contribution in [0.4, 0.5) is 4.39 Å². The van der Waals surface area contributed by atoms with Gasteiger partial charge in [0.25, 0.3) is 0 Å². The van der Waals surface area contributed by atoms with E-state index >= 15 is 0 Å². The van der Waals surface area contributed by atoms with Crippen LogP contribution in [-0.4, -0.2) is 9.97 Å². The molecule has 25 heavy (non-hydrogen) atoms. The SMILES string of the molecule is NC1c2ccccc2-c2c(-c3nc4cc(F)c(Cl)cc4[nH]3)cccc21. The molecule has 3 N–H and O–H groups in total. The Morgan fingerprint density at radius 3 is 2.64 bits per heavy atom. The quantitative estimate of drug-likeness (QED) is 0.505. The molecule has 1 heterocycles. The van der Waals surface area contributed by atoms with E-state index < -0.39 is 5.82 Å². The van der Waals surface area contributed by atoms with Gasteiger partial charge >= 0.3 is 0 Å². The topological polar surface area (TPSA) is 54.7 Å². The molecule has 0 aliphatic heterocycles. The van der Waals surface area contributed by atoms with Gasteiger partial charge in [-0.25, -0.2) is 9.37 Å². The fraction of sp³-hybridized carbons (Fsp3) is 0.0500. The molecule has 1 atom stereocenters. The number of aromatic amines is 1. The van der Waals surface area contributed by atoms with Gasteiger partial charge in [-0.15, -0.1) is 0 Å². The van der Waals surface area contributed by atoms with Crippen molar-refractivity contribution in [2.75, 3.05) is 0 Å². The fourth-order valence-electron chi connectivity index (χ4n) is 3.62. The van der Waals surface area contributed by atoms with Crippen LogP contribution in [0.1, 0.15) is 17.2 Å². The molecule has 1 unspecified atom stereocenters. The number of hydrogen-bond donors (Lipinski definition) is 2. The number of nitrogens with two attached hydrogens (primary N) is 1. The van der Waals surface area contributed by atoms with E-state index in [1.54, 1.807) is 6.07 Å². The molecule has 0 bridgehead atoms. The first kappa shape index (κ1) is 14.6. The van der Waals surface area contributed by atoms with Gasteiger partial charge in [0.1, 0.15) is 11.6 Å². The first-order valence-electron chi connectivity index (χ1n) is 7.96. The number of benzene rings is 3. The lowest BCUT2D eigenvalue weighted by Crippen LogP contribution is -2.07. The Balaban J connectivity index is 1.78. The molecule has 0 amide bonds. The zero-order valence-electron chi connectivity index (χ0n) is 13.1. The number of aromatic nitrogens is 2. The van der Waals surface area contributed by atoms with Crippen LogP contribution in [0.3, 0.4) is 0 Å². The highest BCUT2D eigenvalue weighted by atomic mass is 35.5. The fourth-order valence-corrected chi connectivity index (χ4v) is 3.79. The van der Waals surface area contributed by atoms with E-state index in [9.17, 15) is 4.39 Å². The van der Waals surface area contributed by atoms with Crippen LogP contribution in [0.2, 0.25) is 5.02 Å². The zero-order chi connectivity index (χ0) is 17.1. The van der Waals surface area contributed by atoms with Gasteiger partial charge < -0.3 is 10.7 Å². The summed E-state index contributed by atoms with van der Waals surface area (Å²) in [7, 11) is 0. The second-order valence-corrected chi connectivity index (χ2v) is 6.61. The highest BCUT2D eigenvalue weighted by molar-refractivity contribution is 6.31. The summed E-state index contributed by atoms with van der Waals surface area (Å²) in [6.07, 6.45) is 0. The number of imidazole rings is 1. The molecule has 3 aromatic carbocycles. The van der Waals surface area contributed by atoms with Crippen LogP contribution in [0.25, 0.3) is 33.5 Å². The van der Waals surface area contributed by atoms with E-state index in [0.29, 0.717) is 16.9 Å². The number of nitrogens with one attached hydrogen (secondary N) is 1. The maximum Gasteiger partial charge on any atom is 0.144 e. The van der Waals surface area contributed by atoms with Crippen molar-refractivity contribution in [1.29, 1.82) is 0 Å². The maximum atomic E-state index is 13.7. The largest absolute Gasteiger partial charge is 0.338 e. The first-order chi connectivity index (χ1) is 12.1. The van der Waals surface area contributed by atoms with Gasteiger partial charge in [-0.2, -0.15) is 0 Å². The molecule has 0 saturated carbocycles. The lowest BCUT2D eigenvalue weighted by atomic mass is 9.99. The first-order valence-corrected chi connectivity index (χ1v) is 8.34. The van der Waals surface area contributed by atoms with Gasteiger partial charge in [-0.05, 0) is 28.3 Å². The molecule has 0 saturated heterocycles. The van der Waals surface area contributed by atoms with Crippen LogP contribution in [-0.2, 0) is 0 Å². The van der Waals surface area contributed by atoms with Gasteiger partial charge in [0.15, 0.2) is 0 Å². The molecule has 5 rings (SSSR count). The molecule has 3 nitrogen and oxygen atoms in total. The zero-order valence-corrected chi connectivity index (χ0v) is 13.8. The minimum absolute atomic E-state index is 0.0772. The predicted molar refractivity (Wildman–Crippen MR) is 98.0 cm³/mol. The van der Waals surface area contributed by atoms with Crippen molar-refractivity contribution in [3.63, 3.8) is 0 Å². The van der Waals surface area contributed by atoms with Gasteiger partial charge in [0.2, 0.25) is 0 Å². The van der Waals surface area contributed by atoms with Crippen molar-refractivity contribution in [3.05, 3.63) is 76.6 Å². The molecule has 0 radical (unpaired) electrons. The summed E-state index contributed by atoms with van der Waals surface area (Å²) in [5, 5.41) is 0.0772. The Morgan fingerprint density at radius 1 is 1.00 bits per heavy atom. The maximum absolute atomic E-state index is 13.7. The van der Waals surface area contributed by atoms with Gasteiger partial charge in [0.05, 0.1) is 22.1 Å². The highest BCUT2D eigenvalue weighted by Gasteiger charge is 2.28. The molecule has 1 aromatic heterocycles. The van der Waals surface area contributed by atoms with E-state index in [4.69, 9.17) is 17.3 Å². The van der Waals surface area contributed by atoms with Crippen molar-refractivity contribution in [2.45, 2.75) is 6.04 Å². The van der Waals surface area contributed by atoms with E-state index in [1.807, 2.05) is 30.3 Å². The normalized spacial score (nSPS) is 15.4. The summed E-state index contributed by atoms with van der Waals surface area (Å²) >= 11 is 5.88. The van der Waals surface area contributed by atoms with E-state index in [1.165, 1.54) is 6.07 Å². The second-order valence-electron chi connectivity index (χ2n) is 6.20. The van der Waals surface area contributed by atoms with Gasteiger partial charge in [0, 0.05) is 11.6 Å². The number of H-pyrrole nitrogens is 1. The Hall–Kier alpha value is -2.69. The lowest BCUT2D eigenvalue weighted by Gasteiger charge is -2.08. The van der Waals surface area contributed by atoms with Crippen LogP contribution in [0.5, 0.6) is 0 Å². The summed E-state index contributed by atoms with van der Waals surface area (Å²) in [6.45, 7) is 0. The summed E-state index contributed by atoms with van der Waals surface area (Å²) in [6, 6.07) is 16.9. The number of nitrogens with zero attached hydrogens (tertiary/aromatic N) is 1. The smallest absolute Gasteiger partial charge is 0.144 e. The summed E-state index contributed by atoms with van der Waals surface area (Å²) in [5.41, 5.74) is 13.0. The minimum Gasteiger partial charge on any atom is -0.338 e. The number of hydrogen-bond acceptors (Lipinski definition) is 2. The average Bonchev–Trinajstić information content (AvgIpc) is 3.15. The highest BCUT2D eigenvalue weighted by Crippen LogP contribution is 2.46. The third-order valence-electron chi connectivity index (χ3n) is 4.78. The van der Waals surface area contributed by atoms with Gasteiger partial charge in [-0.3, -0.25) is 0 Å². The van der Waals surface area contributed by atoms with Crippen LogP contribution in [0.15, 0.2) is 54.6 Å². The monoisotopic (exact) mass is 349 g/mol. The minimum atomic E-state index is -0.474. The number of fused-ring (bicyclic) bond motifs is 4. The molecule has 1 aliphatic rings. The van der Waals surface area contributed by atoms with Crippen molar-refractivity contribution >= 4 is 22.6 Å². The van der Waals surface area contributed by atoms with Gasteiger partial charge in [-0.1, -0.05) is 54.1 Å². The van der Waals surface area contributed by atoms with E-state index in [0.717, 1.165) is 27.8 Å². The second kappa shape index (κ2) is 5.15. The Kier molecular flexibility index (Phi) is 3.02. The van der Waals surface area contributed by atoms with E-state index in [-0.39, 0.29) is 11.1 Å². The third kappa shape index (κ3) is 2.05. The van der Waals surface area contributed by atoms with Crippen LogP contribution < -0.4 is 5.73 Å². The predicted octanol–water partition coefficient (Wildman–Crippen LogP) is 5.05. The number of halogens is 2. The van der Waals surface area contributed by atoms with Crippen LogP contribution >= 0.6 is 11.6 Å². The lowest BCUT2D eigenvalue weighted by molar-refractivity contribution is 0.630. The number of rotatable bonds is 1. The molecule has 5 heteroatoms. The van der Waals surface area contributed by atoms with E-state index in [2.05, 4.69) is 22.1 Å². The average molecular weight is 350 g/mol. The Bertz CT molecular complexity index is 1110. The van der Waals surface area contributed by atoms with Crippen LogP contribution in [0, 0.1) is 5.82 Å². The summed E-state index contributed by atoms with van der Waals surface area (Å²) in [5.74, 6) is 0.204. The van der Waals surface area contributed by atoms with Crippen molar-refractivity contribution in [1.82, 2.24) is 9.97 Å².